The van der Waals surface area contributed by atoms with Crippen molar-refractivity contribution >= 4 is 17.2 Å². The average molecular weight is 419 g/mol. The second kappa shape index (κ2) is 7.33. The van der Waals surface area contributed by atoms with Crippen LogP contribution in [0.1, 0.15) is 48.3 Å². The van der Waals surface area contributed by atoms with Gasteiger partial charge in [-0.25, -0.2) is 0 Å². The van der Waals surface area contributed by atoms with Gasteiger partial charge in [0.2, 0.25) is 0 Å². The maximum absolute atomic E-state index is 13.7. The molecular weight excluding hydrogens is 384 g/mol. The van der Waals surface area contributed by atoms with Crippen LogP contribution in [-0.2, 0) is 15.1 Å². The third kappa shape index (κ3) is 3.36. The van der Waals surface area contributed by atoms with Crippen LogP contribution in [0.5, 0.6) is 0 Å². The highest BCUT2D eigenvalue weighted by Gasteiger charge is 2.64. The molecule has 1 aromatic heterocycles. The molecule has 5 nitrogen and oxygen atoms in total. The van der Waals surface area contributed by atoms with Gasteiger partial charge in [0.05, 0.1) is 12.7 Å². The van der Waals surface area contributed by atoms with Gasteiger partial charge in [-0.15, -0.1) is 11.3 Å². The Kier molecular flexibility index (Phi) is 5.05. The quantitative estimate of drug-likeness (QED) is 0.772. The number of aliphatic hydroxyl groups is 1. The molecule has 2 atom stereocenters. The second-order valence-electron chi connectivity index (χ2n) is 10.3. The Balaban J connectivity index is 1.43. The number of aryl methyl sites for hydroxylation is 1. The first-order chi connectivity index (χ1) is 13.9. The van der Waals surface area contributed by atoms with Crippen LogP contribution in [0.3, 0.4) is 0 Å². The summed E-state index contributed by atoms with van der Waals surface area (Å²) in [7, 11) is 2.08. The number of ether oxygens (including phenoxy) is 1. The van der Waals surface area contributed by atoms with Crippen LogP contribution in [0.2, 0.25) is 0 Å². The fourth-order valence-corrected chi connectivity index (χ4v) is 8.20. The molecule has 160 valence electrons. The van der Waals surface area contributed by atoms with Crippen molar-refractivity contribution in [1.82, 2.24) is 10.2 Å². The third-order valence-corrected chi connectivity index (χ3v) is 9.17. The summed E-state index contributed by atoms with van der Waals surface area (Å²) in [6, 6.07) is 4.03. The van der Waals surface area contributed by atoms with Crippen molar-refractivity contribution in [2.24, 2.45) is 23.2 Å². The fraction of sp³-hybridized carbons (Fsp3) is 0.783. The molecule has 2 N–H and O–H groups in total. The van der Waals surface area contributed by atoms with E-state index in [0.717, 1.165) is 42.1 Å². The number of carbonyl (C=O) groups is 1. The van der Waals surface area contributed by atoms with Crippen molar-refractivity contribution < 1.29 is 14.6 Å². The van der Waals surface area contributed by atoms with Crippen LogP contribution in [-0.4, -0.2) is 55.3 Å². The number of amides is 1. The van der Waals surface area contributed by atoms with Crippen molar-refractivity contribution in [3.63, 3.8) is 0 Å². The van der Waals surface area contributed by atoms with Gasteiger partial charge in [0, 0.05) is 34.8 Å². The van der Waals surface area contributed by atoms with E-state index in [0.29, 0.717) is 30.9 Å². The van der Waals surface area contributed by atoms with Gasteiger partial charge < -0.3 is 20.1 Å². The first kappa shape index (κ1) is 20.0. The Bertz CT molecular complexity index is 743. The highest BCUT2D eigenvalue weighted by molar-refractivity contribution is 7.12. The van der Waals surface area contributed by atoms with Gasteiger partial charge in [-0.3, -0.25) is 4.79 Å². The van der Waals surface area contributed by atoms with E-state index < -0.39 is 5.60 Å². The minimum absolute atomic E-state index is 0.0108. The van der Waals surface area contributed by atoms with Crippen LogP contribution >= 0.6 is 11.3 Å². The SMILES string of the molecule is Cc1ccc(C(O)(C(=O)NCC2CN(C)CCO2)C23CC4CC(CC(C4)C2)C3)s1. The van der Waals surface area contributed by atoms with Crippen LogP contribution in [0.15, 0.2) is 12.1 Å². The van der Waals surface area contributed by atoms with Gasteiger partial charge in [-0.2, -0.15) is 0 Å². The van der Waals surface area contributed by atoms with Crippen molar-refractivity contribution in [1.29, 1.82) is 0 Å². The number of morpholine rings is 1. The molecule has 29 heavy (non-hydrogen) atoms. The third-order valence-electron chi connectivity index (χ3n) is 8.06. The summed E-state index contributed by atoms with van der Waals surface area (Å²) in [6.45, 7) is 4.95. The van der Waals surface area contributed by atoms with Gasteiger partial charge in [-0.05, 0) is 82.4 Å². The number of hydrogen-bond donors (Lipinski definition) is 2. The standard InChI is InChI=1S/C23H34N2O3S/c1-15-3-4-20(29-15)23(27,21(26)24-13-19-14-25(2)5-6-28-19)22-10-16-7-17(11-22)9-18(8-16)12-22/h3-4,16-19,27H,5-14H2,1-2H3,(H,24,26). The van der Waals surface area contributed by atoms with Gasteiger partial charge in [0.25, 0.3) is 5.91 Å². The molecule has 1 amide bonds. The summed E-state index contributed by atoms with van der Waals surface area (Å²) >= 11 is 1.58. The van der Waals surface area contributed by atoms with E-state index in [1.165, 1.54) is 19.3 Å². The van der Waals surface area contributed by atoms with E-state index in [-0.39, 0.29) is 17.4 Å². The zero-order valence-electron chi connectivity index (χ0n) is 17.7. The van der Waals surface area contributed by atoms with E-state index in [2.05, 4.69) is 24.2 Å². The fourth-order valence-electron chi connectivity index (χ4n) is 7.12. The molecule has 1 aliphatic heterocycles. The molecule has 1 saturated heterocycles. The Morgan fingerprint density at radius 1 is 1.28 bits per heavy atom. The van der Waals surface area contributed by atoms with Crippen LogP contribution in [0.25, 0.3) is 0 Å². The molecule has 5 aliphatic rings. The molecule has 0 aromatic carbocycles. The largest absolute Gasteiger partial charge is 0.374 e. The summed E-state index contributed by atoms with van der Waals surface area (Å²) in [5.41, 5.74) is -1.74. The van der Waals surface area contributed by atoms with E-state index in [1.807, 2.05) is 12.1 Å². The zero-order chi connectivity index (χ0) is 20.2. The number of likely N-dealkylation sites (N-methyl/N-ethyl adjacent to an activating group) is 1. The van der Waals surface area contributed by atoms with Crippen LogP contribution in [0, 0.1) is 30.1 Å². The molecule has 2 heterocycles. The number of nitrogens with zero attached hydrogens (tertiary/aromatic N) is 1. The van der Waals surface area contributed by atoms with Gasteiger partial charge in [-0.1, -0.05) is 0 Å². The van der Waals surface area contributed by atoms with Crippen molar-refractivity contribution in [3.8, 4) is 0 Å². The smallest absolute Gasteiger partial charge is 0.258 e. The molecule has 2 unspecified atom stereocenters. The molecular formula is C23H34N2O3S. The maximum atomic E-state index is 13.7. The van der Waals surface area contributed by atoms with Crippen LogP contribution in [0.4, 0.5) is 0 Å². The molecule has 6 heteroatoms. The van der Waals surface area contributed by atoms with Crippen molar-refractivity contribution in [2.45, 2.75) is 57.2 Å². The predicted octanol–water partition coefficient (Wildman–Crippen LogP) is 2.91. The van der Waals surface area contributed by atoms with Gasteiger partial charge in [0.1, 0.15) is 0 Å². The lowest BCUT2D eigenvalue weighted by atomic mass is 9.45. The van der Waals surface area contributed by atoms with Gasteiger partial charge in [0.15, 0.2) is 5.60 Å². The molecule has 4 saturated carbocycles. The van der Waals surface area contributed by atoms with E-state index in [1.54, 1.807) is 11.3 Å². The summed E-state index contributed by atoms with van der Waals surface area (Å²) in [5.74, 6) is 1.82. The lowest BCUT2D eigenvalue weighted by molar-refractivity contribution is -0.193. The van der Waals surface area contributed by atoms with Crippen molar-refractivity contribution in [2.75, 3.05) is 33.3 Å². The summed E-state index contributed by atoms with van der Waals surface area (Å²) < 4.78 is 5.84. The summed E-state index contributed by atoms with van der Waals surface area (Å²) in [5, 5.41) is 15.4. The number of rotatable bonds is 5. The number of hydrogen-bond acceptors (Lipinski definition) is 5. The monoisotopic (exact) mass is 418 g/mol. The van der Waals surface area contributed by atoms with E-state index >= 15 is 0 Å². The minimum atomic E-state index is -1.43. The highest BCUT2D eigenvalue weighted by Crippen LogP contribution is 2.66. The number of thiophene rings is 1. The lowest BCUT2D eigenvalue weighted by Crippen LogP contribution is -2.62. The average Bonchev–Trinajstić information content (AvgIpc) is 3.11. The Labute approximate surface area is 177 Å². The topological polar surface area (TPSA) is 61.8 Å². The first-order valence-electron chi connectivity index (χ1n) is 11.3. The molecule has 4 aliphatic carbocycles. The summed E-state index contributed by atoms with van der Waals surface area (Å²) in [6.07, 6.45) is 6.84. The molecule has 5 fully saturated rings. The maximum Gasteiger partial charge on any atom is 0.258 e. The molecule has 1 aromatic rings. The molecule has 0 spiro atoms. The lowest BCUT2D eigenvalue weighted by Gasteiger charge is -2.61. The highest BCUT2D eigenvalue weighted by atomic mass is 32.1. The Morgan fingerprint density at radius 3 is 2.48 bits per heavy atom. The molecule has 0 radical (unpaired) electrons. The van der Waals surface area contributed by atoms with Crippen molar-refractivity contribution in [3.05, 3.63) is 21.9 Å². The predicted molar refractivity (Wildman–Crippen MR) is 114 cm³/mol. The zero-order valence-corrected chi connectivity index (χ0v) is 18.5. The molecule has 4 bridgehead atoms. The second-order valence-corrected chi connectivity index (χ2v) is 11.6. The number of carbonyl (C=O) groups excluding carboxylic acids is 1. The summed E-state index contributed by atoms with van der Waals surface area (Å²) in [4.78, 5) is 17.9. The first-order valence-corrected chi connectivity index (χ1v) is 12.1. The Morgan fingerprint density at radius 2 is 1.93 bits per heavy atom. The minimum Gasteiger partial charge on any atom is -0.374 e. The van der Waals surface area contributed by atoms with Crippen LogP contribution < -0.4 is 5.32 Å². The Hall–Kier alpha value is -0.950. The number of nitrogens with one attached hydrogen (secondary N) is 1. The van der Waals surface area contributed by atoms with E-state index in [4.69, 9.17) is 4.74 Å². The van der Waals surface area contributed by atoms with E-state index in [9.17, 15) is 9.90 Å². The molecule has 6 rings (SSSR count). The van der Waals surface area contributed by atoms with Gasteiger partial charge >= 0.3 is 0 Å². The normalized spacial score (nSPS) is 38.7.